The Morgan fingerprint density at radius 2 is 0.966 bits per heavy atom. The molecule has 1 aliphatic heterocycles. The molecular weight excluding hydrogens is 733 g/mol. The fourth-order valence-electron chi connectivity index (χ4n) is 6.71. The lowest BCUT2D eigenvalue weighted by Gasteiger charge is -2.32. The van der Waals surface area contributed by atoms with Crippen molar-refractivity contribution >= 4 is 18.0 Å². The molecule has 0 N–H and O–H groups in total. The number of carbonyl (C=O) groups is 3. The molecule has 0 aromatic carbocycles. The van der Waals surface area contributed by atoms with Crippen LogP contribution in [0.1, 0.15) is 188 Å². The van der Waals surface area contributed by atoms with Gasteiger partial charge in [0.1, 0.15) is 19.8 Å². The van der Waals surface area contributed by atoms with Gasteiger partial charge in [-0.3, -0.25) is 9.59 Å². The molecule has 0 bridgehead atoms. The Kier molecular flexibility index (Phi) is 37.0. The van der Waals surface area contributed by atoms with E-state index in [2.05, 4.69) is 50.0 Å². The van der Waals surface area contributed by atoms with Crippen LogP contribution in [0.3, 0.4) is 0 Å². The molecule has 1 aliphatic rings. The molecule has 10 heteroatoms. The molecule has 0 radical (unpaired) electrons. The van der Waals surface area contributed by atoms with E-state index in [1.807, 2.05) is 7.05 Å². The highest BCUT2D eigenvalue weighted by Gasteiger charge is 2.23. The summed E-state index contributed by atoms with van der Waals surface area (Å²) in [5.74, 6) is -1.11. The maximum Gasteiger partial charge on any atom is 0.409 e. The van der Waals surface area contributed by atoms with Crippen molar-refractivity contribution in [2.75, 3.05) is 66.3 Å². The maximum absolute atomic E-state index is 13.0. The number of ether oxygens (including phenoxy) is 5. The highest BCUT2D eigenvalue weighted by atomic mass is 16.7. The number of piperazine rings is 1. The number of amides is 1. The third-order valence-electron chi connectivity index (χ3n) is 10.7. The minimum absolute atomic E-state index is 0.000778. The minimum atomic E-state index is -0.461. The predicted octanol–water partition coefficient (Wildman–Crippen LogP) is 11.7. The monoisotopic (exact) mass is 821 g/mol. The molecule has 1 unspecified atom stereocenters. The van der Waals surface area contributed by atoms with E-state index in [-0.39, 0.29) is 38.2 Å². The fourth-order valence-corrected chi connectivity index (χ4v) is 6.71. The molecule has 0 aliphatic carbocycles. The minimum Gasteiger partial charge on any atom is -0.465 e. The number of nitrogens with zero attached hydrogens (tertiary/aromatic N) is 2. The van der Waals surface area contributed by atoms with Crippen molar-refractivity contribution in [1.29, 1.82) is 0 Å². The lowest BCUT2D eigenvalue weighted by atomic mass is 10.1. The average Bonchev–Trinajstić information content (AvgIpc) is 3.22. The summed E-state index contributed by atoms with van der Waals surface area (Å²) in [7, 11) is 2.03. The molecule has 1 rings (SSSR count). The van der Waals surface area contributed by atoms with E-state index in [0.29, 0.717) is 39.1 Å². The largest absolute Gasteiger partial charge is 0.465 e. The van der Waals surface area contributed by atoms with Crippen LogP contribution in [0.4, 0.5) is 4.79 Å². The van der Waals surface area contributed by atoms with Crippen LogP contribution >= 0.6 is 0 Å². The number of esters is 2. The van der Waals surface area contributed by atoms with Crippen molar-refractivity contribution in [2.45, 2.75) is 194 Å². The first-order valence-corrected chi connectivity index (χ1v) is 23.8. The van der Waals surface area contributed by atoms with Crippen LogP contribution in [0.15, 0.2) is 24.3 Å². The number of likely N-dealkylation sites (N-methyl/N-ethyl adjacent to an activating group) is 1. The van der Waals surface area contributed by atoms with Crippen LogP contribution in [0.25, 0.3) is 0 Å². The van der Waals surface area contributed by atoms with Crippen molar-refractivity contribution in [3.63, 3.8) is 0 Å². The molecule has 1 fully saturated rings. The van der Waals surface area contributed by atoms with E-state index in [0.717, 1.165) is 83.7 Å². The molecular formula is C48H88N2O8. The summed E-state index contributed by atoms with van der Waals surface area (Å²) in [6, 6.07) is 0. The Bertz CT molecular complexity index is 1010. The molecule has 0 saturated carbocycles. The van der Waals surface area contributed by atoms with Crippen LogP contribution in [0, 0.1) is 5.92 Å². The number of unbranched alkanes of at least 4 members (excludes halogenated alkanes) is 18. The summed E-state index contributed by atoms with van der Waals surface area (Å²) in [6.45, 7) is 10.7. The van der Waals surface area contributed by atoms with Gasteiger partial charge in [0.05, 0.1) is 12.3 Å². The zero-order chi connectivity index (χ0) is 42.2. The first kappa shape index (κ1) is 53.6. The van der Waals surface area contributed by atoms with Crippen molar-refractivity contribution in [2.24, 2.45) is 5.92 Å². The standard InChI is InChI=1S/C48H88N2O8/c1-5-8-11-14-17-18-19-20-21-22-23-24-25-26-29-32-45(51)56-41-44(43-58-48(53)50-37-35-49(4)36-38-50)42-57-46(52)33-34-47(54-39-30-27-15-12-9-6-2)55-40-31-28-16-13-10-7-3/h17-18,20-21,44,47H,5-16,19,22-43H2,1-4H3/b18-17-,21-20-. The maximum atomic E-state index is 13.0. The first-order chi connectivity index (χ1) is 28.4. The van der Waals surface area contributed by atoms with Gasteiger partial charge in [0.15, 0.2) is 6.29 Å². The van der Waals surface area contributed by atoms with Crippen LogP contribution in [0.2, 0.25) is 0 Å². The molecule has 1 heterocycles. The van der Waals surface area contributed by atoms with Gasteiger partial charge >= 0.3 is 18.0 Å². The number of carbonyl (C=O) groups excluding carboxylic acids is 3. The van der Waals surface area contributed by atoms with E-state index in [4.69, 9.17) is 23.7 Å². The van der Waals surface area contributed by atoms with Gasteiger partial charge in [-0.15, -0.1) is 0 Å². The summed E-state index contributed by atoms with van der Waals surface area (Å²) in [4.78, 5) is 42.3. The average molecular weight is 821 g/mol. The van der Waals surface area contributed by atoms with Crippen LogP contribution < -0.4 is 0 Å². The molecule has 0 spiro atoms. The van der Waals surface area contributed by atoms with Gasteiger partial charge in [-0.25, -0.2) is 4.79 Å². The Balaban J connectivity index is 2.50. The SMILES string of the molecule is CCCCC/C=C\C/C=C\CCCCCCCC(=O)OCC(COC(=O)CCC(OCCCCCCCC)OCCCCCCCC)COC(=O)N1CCN(C)CC1. The zero-order valence-electron chi connectivity index (χ0n) is 37.9. The third-order valence-corrected chi connectivity index (χ3v) is 10.7. The molecule has 58 heavy (non-hydrogen) atoms. The van der Waals surface area contributed by atoms with Gasteiger partial charge in [-0.2, -0.15) is 0 Å². The van der Waals surface area contributed by atoms with E-state index in [1.165, 1.54) is 77.0 Å². The Labute approximate surface area is 355 Å². The van der Waals surface area contributed by atoms with Gasteiger partial charge < -0.3 is 33.5 Å². The normalized spacial score (nSPS) is 14.2. The van der Waals surface area contributed by atoms with Crippen molar-refractivity contribution in [3.8, 4) is 0 Å². The Morgan fingerprint density at radius 1 is 0.517 bits per heavy atom. The Morgan fingerprint density at radius 3 is 1.53 bits per heavy atom. The lowest BCUT2D eigenvalue weighted by molar-refractivity contribution is -0.161. The van der Waals surface area contributed by atoms with E-state index in [1.54, 1.807) is 4.90 Å². The van der Waals surface area contributed by atoms with Crippen LogP contribution in [-0.2, 0) is 33.3 Å². The Hall–Kier alpha value is -2.43. The van der Waals surface area contributed by atoms with Crippen molar-refractivity contribution in [3.05, 3.63) is 24.3 Å². The second kappa shape index (κ2) is 40.0. The fraction of sp³-hybridized carbons (Fsp3) is 0.854. The number of rotatable bonds is 39. The molecule has 1 atom stereocenters. The summed E-state index contributed by atoms with van der Waals surface area (Å²) < 4.78 is 29.1. The van der Waals surface area contributed by atoms with Gasteiger partial charge in [-0.1, -0.05) is 141 Å². The third kappa shape index (κ3) is 33.4. The molecule has 0 aromatic heterocycles. The molecule has 0 aromatic rings. The summed E-state index contributed by atoms with van der Waals surface area (Å²) in [5.41, 5.74) is 0. The first-order valence-electron chi connectivity index (χ1n) is 23.8. The highest BCUT2D eigenvalue weighted by molar-refractivity contribution is 5.70. The van der Waals surface area contributed by atoms with Crippen molar-refractivity contribution in [1.82, 2.24) is 9.80 Å². The summed E-state index contributed by atoms with van der Waals surface area (Å²) >= 11 is 0. The molecule has 338 valence electrons. The van der Waals surface area contributed by atoms with Gasteiger partial charge in [0, 0.05) is 52.2 Å². The molecule has 1 amide bonds. The summed E-state index contributed by atoms with van der Waals surface area (Å²) in [6.07, 6.45) is 35.6. The van der Waals surface area contributed by atoms with Gasteiger partial charge in [-0.05, 0) is 58.4 Å². The second-order valence-corrected chi connectivity index (χ2v) is 16.3. The van der Waals surface area contributed by atoms with Crippen LogP contribution in [0.5, 0.6) is 0 Å². The zero-order valence-corrected chi connectivity index (χ0v) is 37.9. The number of allylic oxidation sites excluding steroid dienone is 4. The molecule has 10 nitrogen and oxygen atoms in total. The smallest absolute Gasteiger partial charge is 0.409 e. The second-order valence-electron chi connectivity index (χ2n) is 16.3. The van der Waals surface area contributed by atoms with E-state index >= 15 is 0 Å². The number of hydrogen-bond donors (Lipinski definition) is 0. The highest BCUT2D eigenvalue weighted by Crippen LogP contribution is 2.14. The lowest BCUT2D eigenvalue weighted by Crippen LogP contribution is -2.47. The molecule has 1 saturated heterocycles. The topological polar surface area (TPSA) is 104 Å². The summed E-state index contributed by atoms with van der Waals surface area (Å²) in [5, 5.41) is 0. The predicted molar refractivity (Wildman–Crippen MR) is 237 cm³/mol. The van der Waals surface area contributed by atoms with Gasteiger partial charge in [0.25, 0.3) is 0 Å². The van der Waals surface area contributed by atoms with E-state index < -0.39 is 18.3 Å². The number of hydrogen-bond acceptors (Lipinski definition) is 9. The van der Waals surface area contributed by atoms with E-state index in [9.17, 15) is 14.4 Å². The quantitative estimate of drug-likeness (QED) is 0.0197. The van der Waals surface area contributed by atoms with Gasteiger partial charge in [0.2, 0.25) is 0 Å². The van der Waals surface area contributed by atoms with Crippen molar-refractivity contribution < 1.29 is 38.1 Å². The van der Waals surface area contributed by atoms with Crippen LogP contribution in [-0.4, -0.2) is 100 Å².